The summed E-state index contributed by atoms with van der Waals surface area (Å²) in [4.78, 5) is 22.5. The van der Waals surface area contributed by atoms with Crippen molar-refractivity contribution in [3.8, 4) is 0 Å². The fourth-order valence-corrected chi connectivity index (χ4v) is 2.13. The highest BCUT2D eigenvalue weighted by Crippen LogP contribution is 2.25. The van der Waals surface area contributed by atoms with Crippen molar-refractivity contribution in [3.63, 3.8) is 0 Å². The topological polar surface area (TPSA) is 55.4 Å². The van der Waals surface area contributed by atoms with Crippen molar-refractivity contribution in [3.05, 3.63) is 34.3 Å². The quantitative estimate of drug-likeness (QED) is 0.859. The minimum Gasteiger partial charge on any atom is -0.444 e. The summed E-state index contributed by atoms with van der Waals surface area (Å²) in [5, 5.41) is 2.71. The van der Waals surface area contributed by atoms with Gasteiger partial charge in [-0.3, -0.25) is 0 Å². The van der Waals surface area contributed by atoms with Gasteiger partial charge in [-0.05, 0) is 32.4 Å². The summed E-state index contributed by atoms with van der Waals surface area (Å²) in [6.45, 7) is 5.37. The molecule has 0 spiro atoms. The number of nitrogens with one attached hydrogen (secondary N) is 1. The normalized spacial score (nSPS) is 12.6. The first kappa shape index (κ1) is 15.7. The second kappa shape index (κ2) is 6.70. The van der Waals surface area contributed by atoms with Crippen LogP contribution >= 0.6 is 15.9 Å². The van der Waals surface area contributed by atoms with Gasteiger partial charge in [0.15, 0.2) is 0 Å². The van der Waals surface area contributed by atoms with E-state index >= 15 is 0 Å². The number of carbonyl (C=O) groups excluding carboxylic acids is 2. The summed E-state index contributed by atoms with van der Waals surface area (Å²) >= 11 is 3.41. The van der Waals surface area contributed by atoms with Crippen LogP contribution in [0.25, 0.3) is 0 Å². The average molecular weight is 328 g/mol. The zero-order valence-electron chi connectivity index (χ0n) is 11.3. The Morgan fingerprint density at radius 2 is 2.05 bits per heavy atom. The first-order valence-corrected chi connectivity index (χ1v) is 6.80. The van der Waals surface area contributed by atoms with Crippen LogP contribution in [0.15, 0.2) is 28.7 Å². The molecule has 0 aromatic heterocycles. The Balaban J connectivity index is 2.82. The largest absolute Gasteiger partial charge is 0.444 e. The molecular formula is C14H18BrNO3. The molecule has 0 saturated heterocycles. The first-order chi connectivity index (χ1) is 8.83. The average Bonchev–Trinajstić information content (AvgIpc) is 2.26. The Bertz CT molecular complexity index is 454. The van der Waals surface area contributed by atoms with E-state index in [1.54, 1.807) is 20.8 Å². The minimum atomic E-state index is -0.566. The fourth-order valence-electron chi connectivity index (χ4n) is 1.57. The van der Waals surface area contributed by atoms with Crippen molar-refractivity contribution in [1.29, 1.82) is 0 Å². The third-order valence-electron chi connectivity index (χ3n) is 2.30. The van der Waals surface area contributed by atoms with Gasteiger partial charge in [0.2, 0.25) is 0 Å². The molecule has 0 unspecified atom stereocenters. The van der Waals surface area contributed by atoms with Crippen LogP contribution in [-0.2, 0) is 9.53 Å². The highest BCUT2D eigenvalue weighted by Gasteiger charge is 2.21. The van der Waals surface area contributed by atoms with Crippen LogP contribution in [0.3, 0.4) is 0 Å². The number of amides is 1. The first-order valence-electron chi connectivity index (χ1n) is 6.01. The van der Waals surface area contributed by atoms with Gasteiger partial charge in [0.1, 0.15) is 11.9 Å². The molecule has 1 aromatic carbocycles. The Morgan fingerprint density at radius 3 is 2.58 bits per heavy atom. The second-order valence-electron chi connectivity index (χ2n) is 5.12. The summed E-state index contributed by atoms with van der Waals surface area (Å²) in [7, 11) is 0. The van der Waals surface area contributed by atoms with E-state index in [-0.39, 0.29) is 6.42 Å². The van der Waals surface area contributed by atoms with Crippen LogP contribution in [0, 0.1) is 0 Å². The van der Waals surface area contributed by atoms with Gasteiger partial charge in [-0.2, -0.15) is 0 Å². The smallest absolute Gasteiger partial charge is 0.408 e. The van der Waals surface area contributed by atoms with E-state index in [4.69, 9.17) is 4.74 Å². The van der Waals surface area contributed by atoms with Gasteiger partial charge in [0.05, 0.1) is 6.04 Å². The van der Waals surface area contributed by atoms with Gasteiger partial charge in [-0.15, -0.1) is 0 Å². The number of rotatable bonds is 4. The lowest BCUT2D eigenvalue weighted by Gasteiger charge is -2.23. The van der Waals surface area contributed by atoms with Crippen molar-refractivity contribution < 1.29 is 14.3 Å². The minimum absolute atomic E-state index is 0.196. The molecule has 1 amide bonds. The SMILES string of the molecule is CC(C)(C)OC(=O)N[C@H](CC=O)c1ccccc1Br. The van der Waals surface area contributed by atoms with E-state index in [9.17, 15) is 9.59 Å². The maximum absolute atomic E-state index is 11.8. The van der Waals surface area contributed by atoms with Crippen LogP contribution < -0.4 is 5.32 Å². The molecule has 0 heterocycles. The molecule has 19 heavy (non-hydrogen) atoms. The summed E-state index contributed by atoms with van der Waals surface area (Å²) in [6.07, 6.45) is 0.443. The van der Waals surface area contributed by atoms with Crippen molar-refractivity contribution in [1.82, 2.24) is 5.32 Å². The van der Waals surface area contributed by atoms with Gasteiger partial charge in [-0.1, -0.05) is 34.1 Å². The molecule has 1 N–H and O–H groups in total. The molecule has 0 aliphatic heterocycles. The number of halogens is 1. The molecule has 0 aliphatic rings. The molecule has 1 atom stereocenters. The lowest BCUT2D eigenvalue weighted by atomic mass is 10.0. The Morgan fingerprint density at radius 1 is 1.42 bits per heavy atom. The Hall–Kier alpha value is -1.36. The summed E-state index contributed by atoms with van der Waals surface area (Å²) in [5.41, 5.74) is 0.282. The number of ether oxygens (including phenoxy) is 1. The van der Waals surface area contributed by atoms with E-state index in [1.807, 2.05) is 24.3 Å². The predicted molar refractivity (Wildman–Crippen MR) is 76.9 cm³/mol. The molecule has 1 rings (SSSR count). The summed E-state index contributed by atoms with van der Waals surface area (Å²) in [6, 6.07) is 7.05. The van der Waals surface area contributed by atoms with Crippen molar-refractivity contribution >= 4 is 28.3 Å². The van der Waals surface area contributed by atoms with E-state index in [1.165, 1.54) is 0 Å². The third kappa shape index (κ3) is 5.42. The molecule has 5 heteroatoms. The van der Waals surface area contributed by atoms with Crippen molar-refractivity contribution in [2.24, 2.45) is 0 Å². The van der Waals surface area contributed by atoms with Crippen molar-refractivity contribution in [2.75, 3.05) is 0 Å². The summed E-state index contributed by atoms with van der Waals surface area (Å²) in [5.74, 6) is 0. The van der Waals surface area contributed by atoms with E-state index in [2.05, 4.69) is 21.2 Å². The van der Waals surface area contributed by atoms with Gasteiger partial charge in [0, 0.05) is 10.9 Å². The summed E-state index contributed by atoms with van der Waals surface area (Å²) < 4.78 is 6.04. The molecule has 104 valence electrons. The second-order valence-corrected chi connectivity index (χ2v) is 5.98. The van der Waals surface area contributed by atoms with Gasteiger partial charge in [0.25, 0.3) is 0 Å². The molecule has 0 saturated carbocycles. The van der Waals surface area contributed by atoms with E-state index in [0.29, 0.717) is 0 Å². The Kier molecular flexibility index (Phi) is 5.54. The number of hydrogen-bond acceptors (Lipinski definition) is 3. The molecule has 0 bridgehead atoms. The maximum Gasteiger partial charge on any atom is 0.408 e. The zero-order valence-corrected chi connectivity index (χ0v) is 12.9. The van der Waals surface area contributed by atoms with Gasteiger partial charge in [-0.25, -0.2) is 4.79 Å². The van der Waals surface area contributed by atoms with Crippen LogP contribution in [0.5, 0.6) is 0 Å². The number of benzene rings is 1. The zero-order chi connectivity index (χ0) is 14.5. The van der Waals surface area contributed by atoms with Crippen molar-refractivity contribution in [2.45, 2.75) is 38.8 Å². The van der Waals surface area contributed by atoms with Crippen LogP contribution in [0.2, 0.25) is 0 Å². The predicted octanol–water partition coefficient (Wildman–Crippen LogP) is 3.60. The van der Waals surface area contributed by atoms with Crippen LogP contribution in [0.1, 0.15) is 38.8 Å². The molecule has 1 aromatic rings. The van der Waals surface area contributed by atoms with Gasteiger partial charge >= 0.3 is 6.09 Å². The number of carbonyl (C=O) groups is 2. The number of hydrogen-bond donors (Lipinski definition) is 1. The molecule has 4 nitrogen and oxygen atoms in total. The van der Waals surface area contributed by atoms with Crippen LogP contribution in [-0.4, -0.2) is 18.0 Å². The Labute approximate surface area is 121 Å². The molecular weight excluding hydrogens is 310 g/mol. The van der Waals surface area contributed by atoms with Crippen LogP contribution in [0.4, 0.5) is 4.79 Å². The fraction of sp³-hybridized carbons (Fsp3) is 0.429. The number of aldehydes is 1. The standard InChI is InChI=1S/C14H18BrNO3/c1-14(2,3)19-13(18)16-12(8-9-17)10-6-4-5-7-11(10)15/h4-7,9,12H,8H2,1-3H3,(H,16,18)/t12-/m1/s1. The molecule has 0 fully saturated rings. The lowest BCUT2D eigenvalue weighted by molar-refractivity contribution is -0.108. The maximum atomic E-state index is 11.8. The molecule has 0 aliphatic carbocycles. The van der Waals surface area contributed by atoms with Gasteiger partial charge < -0.3 is 14.8 Å². The highest BCUT2D eigenvalue weighted by molar-refractivity contribution is 9.10. The third-order valence-corrected chi connectivity index (χ3v) is 3.03. The number of alkyl carbamates (subject to hydrolysis) is 1. The van der Waals surface area contributed by atoms with E-state index in [0.717, 1.165) is 16.3 Å². The lowest BCUT2D eigenvalue weighted by Crippen LogP contribution is -2.35. The highest BCUT2D eigenvalue weighted by atomic mass is 79.9. The monoisotopic (exact) mass is 327 g/mol. The van der Waals surface area contributed by atoms with E-state index < -0.39 is 17.7 Å². The molecule has 0 radical (unpaired) electrons.